The van der Waals surface area contributed by atoms with Crippen LogP contribution in [0.1, 0.15) is 39.5 Å². The van der Waals surface area contributed by atoms with E-state index in [1.165, 1.54) is 0 Å². The zero-order chi connectivity index (χ0) is 12.4. The summed E-state index contributed by atoms with van der Waals surface area (Å²) in [5.41, 5.74) is 0. The molecule has 0 aliphatic heterocycles. The number of ether oxygens (including phenoxy) is 2. The van der Waals surface area contributed by atoms with Gasteiger partial charge in [-0.1, -0.05) is 6.92 Å². The standard InChI is InChI=1S/C11H19FO4/c1-3-10(13)16-8-7-9(12)5-6-11(14)15-4-2/h9H,3-8H2,1-2H3. The lowest BCUT2D eigenvalue weighted by molar-refractivity contribution is -0.145. The lowest BCUT2D eigenvalue weighted by Gasteiger charge is -2.08. The molecule has 0 fully saturated rings. The van der Waals surface area contributed by atoms with E-state index < -0.39 is 12.1 Å². The van der Waals surface area contributed by atoms with Gasteiger partial charge in [0.05, 0.1) is 13.2 Å². The van der Waals surface area contributed by atoms with Crippen LogP contribution in [0.2, 0.25) is 0 Å². The summed E-state index contributed by atoms with van der Waals surface area (Å²) < 4.78 is 22.5. The van der Waals surface area contributed by atoms with Gasteiger partial charge in [0.15, 0.2) is 0 Å². The van der Waals surface area contributed by atoms with Gasteiger partial charge in [-0.25, -0.2) is 4.39 Å². The number of hydrogen-bond donors (Lipinski definition) is 0. The van der Waals surface area contributed by atoms with Crippen LogP contribution < -0.4 is 0 Å². The van der Waals surface area contributed by atoms with Gasteiger partial charge < -0.3 is 9.47 Å². The molecule has 16 heavy (non-hydrogen) atoms. The molecule has 1 unspecified atom stereocenters. The van der Waals surface area contributed by atoms with Gasteiger partial charge in [-0.2, -0.15) is 0 Å². The smallest absolute Gasteiger partial charge is 0.305 e. The molecule has 0 bridgehead atoms. The maximum Gasteiger partial charge on any atom is 0.305 e. The number of esters is 2. The van der Waals surface area contributed by atoms with Crippen molar-refractivity contribution in [1.29, 1.82) is 0 Å². The first-order valence-electron chi connectivity index (χ1n) is 5.55. The number of alkyl halides is 1. The largest absolute Gasteiger partial charge is 0.466 e. The molecule has 0 saturated carbocycles. The van der Waals surface area contributed by atoms with E-state index in [2.05, 4.69) is 4.74 Å². The molecule has 0 heterocycles. The summed E-state index contributed by atoms with van der Waals surface area (Å²) in [6, 6.07) is 0. The molecule has 0 amide bonds. The van der Waals surface area contributed by atoms with Crippen molar-refractivity contribution in [3.8, 4) is 0 Å². The first-order valence-corrected chi connectivity index (χ1v) is 5.55. The highest BCUT2D eigenvalue weighted by Gasteiger charge is 2.11. The molecule has 4 nitrogen and oxygen atoms in total. The Morgan fingerprint density at radius 3 is 2.38 bits per heavy atom. The van der Waals surface area contributed by atoms with Gasteiger partial charge in [0.25, 0.3) is 0 Å². The first-order chi connectivity index (χ1) is 7.60. The summed E-state index contributed by atoms with van der Waals surface area (Å²) in [6.07, 6.45) is -0.529. The van der Waals surface area contributed by atoms with Crippen molar-refractivity contribution in [3.63, 3.8) is 0 Å². The Hall–Kier alpha value is -1.13. The minimum Gasteiger partial charge on any atom is -0.466 e. The Bertz CT molecular complexity index is 218. The van der Waals surface area contributed by atoms with E-state index in [0.717, 1.165) is 0 Å². The lowest BCUT2D eigenvalue weighted by Crippen LogP contribution is -2.12. The molecular formula is C11H19FO4. The van der Waals surface area contributed by atoms with Crippen LogP contribution >= 0.6 is 0 Å². The van der Waals surface area contributed by atoms with Gasteiger partial charge >= 0.3 is 11.9 Å². The van der Waals surface area contributed by atoms with Gasteiger partial charge in [-0.15, -0.1) is 0 Å². The summed E-state index contributed by atoms with van der Waals surface area (Å²) in [5.74, 6) is -0.728. The Morgan fingerprint density at radius 1 is 1.12 bits per heavy atom. The lowest BCUT2D eigenvalue weighted by atomic mass is 10.2. The van der Waals surface area contributed by atoms with Gasteiger partial charge in [-0.05, 0) is 13.3 Å². The third-order valence-corrected chi connectivity index (χ3v) is 1.95. The predicted octanol–water partition coefficient (Wildman–Crippen LogP) is 2.01. The highest BCUT2D eigenvalue weighted by Crippen LogP contribution is 2.08. The highest BCUT2D eigenvalue weighted by atomic mass is 19.1. The molecule has 5 heteroatoms. The van der Waals surface area contributed by atoms with Crippen LogP contribution in [-0.2, 0) is 19.1 Å². The van der Waals surface area contributed by atoms with Gasteiger partial charge in [-0.3, -0.25) is 9.59 Å². The Labute approximate surface area is 95.1 Å². The van der Waals surface area contributed by atoms with E-state index in [1.54, 1.807) is 13.8 Å². The Balaban J connectivity index is 3.47. The molecule has 0 aliphatic carbocycles. The second kappa shape index (κ2) is 9.12. The molecular weight excluding hydrogens is 215 g/mol. The fourth-order valence-corrected chi connectivity index (χ4v) is 1.05. The Kier molecular flexibility index (Phi) is 8.48. The zero-order valence-corrected chi connectivity index (χ0v) is 9.83. The first kappa shape index (κ1) is 14.9. The van der Waals surface area contributed by atoms with Crippen LogP contribution in [0.4, 0.5) is 4.39 Å². The average molecular weight is 234 g/mol. The molecule has 0 spiro atoms. The van der Waals surface area contributed by atoms with Gasteiger partial charge in [0, 0.05) is 19.3 Å². The summed E-state index contributed by atoms with van der Waals surface area (Å²) >= 11 is 0. The normalized spacial score (nSPS) is 11.9. The third-order valence-electron chi connectivity index (χ3n) is 1.95. The van der Waals surface area contributed by atoms with E-state index in [0.29, 0.717) is 13.0 Å². The molecule has 94 valence electrons. The minimum atomic E-state index is -1.13. The number of carbonyl (C=O) groups is 2. The second-order valence-electron chi connectivity index (χ2n) is 3.30. The monoisotopic (exact) mass is 234 g/mol. The summed E-state index contributed by atoms with van der Waals surface area (Å²) in [4.78, 5) is 21.6. The quantitative estimate of drug-likeness (QED) is 0.603. The second-order valence-corrected chi connectivity index (χ2v) is 3.30. The molecule has 0 aliphatic rings. The van der Waals surface area contributed by atoms with E-state index in [1.807, 2.05) is 0 Å². The van der Waals surface area contributed by atoms with Crippen molar-refractivity contribution in [3.05, 3.63) is 0 Å². The molecule has 0 rings (SSSR count). The van der Waals surface area contributed by atoms with Crippen LogP contribution in [0.3, 0.4) is 0 Å². The van der Waals surface area contributed by atoms with Crippen molar-refractivity contribution < 1.29 is 23.5 Å². The van der Waals surface area contributed by atoms with Crippen molar-refractivity contribution in [2.45, 2.75) is 45.7 Å². The van der Waals surface area contributed by atoms with E-state index in [9.17, 15) is 14.0 Å². The molecule has 0 aromatic rings. The van der Waals surface area contributed by atoms with E-state index in [4.69, 9.17) is 4.74 Å². The van der Waals surface area contributed by atoms with E-state index in [-0.39, 0.29) is 31.8 Å². The molecule has 0 aromatic carbocycles. The maximum atomic E-state index is 13.2. The third kappa shape index (κ3) is 8.20. The van der Waals surface area contributed by atoms with Gasteiger partial charge in [0.1, 0.15) is 6.17 Å². The molecule has 0 radical (unpaired) electrons. The topological polar surface area (TPSA) is 52.6 Å². The molecule has 1 atom stereocenters. The van der Waals surface area contributed by atoms with Crippen molar-refractivity contribution >= 4 is 11.9 Å². The summed E-state index contributed by atoms with van der Waals surface area (Å²) in [7, 11) is 0. The predicted molar refractivity (Wildman–Crippen MR) is 56.6 cm³/mol. The minimum absolute atomic E-state index is 0.0661. The fraction of sp³-hybridized carbons (Fsp3) is 0.818. The van der Waals surface area contributed by atoms with Crippen molar-refractivity contribution in [2.24, 2.45) is 0 Å². The highest BCUT2D eigenvalue weighted by molar-refractivity contribution is 5.69. The average Bonchev–Trinajstić information content (AvgIpc) is 2.26. The van der Waals surface area contributed by atoms with Crippen molar-refractivity contribution in [1.82, 2.24) is 0 Å². The molecule has 0 saturated heterocycles. The van der Waals surface area contributed by atoms with Crippen LogP contribution in [0.5, 0.6) is 0 Å². The van der Waals surface area contributed by atoms with Crippen LogP contribution in [-0.4, -0.2) is 31.3 Å². The Morgan fingerprint density at radius 2 is 1.81 bits per heavy atom. The van der Waals surface area contributed by atoms with Crippen LogP contribution in [0.25, 0.3) is 0 Å². The number of carbonyl (C=O) groups excluding carboxylic acids is 2. The molecule has 0 N–H and O–H groups in total. The maximum absolute atomic E-state index is 13.2. The number of hydrogen-bond acceptors (Lipinski definition) is 4. The number of halogens is 1. The SMILES string of the molecule is CCOC(=O)CCC(F)CCOC(=O)CC. The molecule has 0 aromatic heterocycles. The zero-order valence-electron chi connectivity index (χ0n) is 9.83. The van der Waals surface area contributed by atoms with Crippen LogP contribution in [0, 0.1) is 0 Å². The number of rotatable bonds is 8. The van der Waals surface area contributed by atoms with Gasteiger partial charge in [0.2, 0.25) is 0 Å². The van der Waals surface area contributed by atoms with Crippen LogP contribution in [0.15, 0.2) is 0 Å². The summed E-state index contributed by atoms with van der Waals surface area (Å²) in [6.45, 7) is 3.76. The fourth-order valence-electron chi connectivity index (χ4n) is 1.05. The summed E-state index contributed by atoms with van der Waals surface area (Å²) in [5, 5.41) is 0. The van der Waals surface area contributed by atoms with Crippen molar-refractivity contribution in [2.75, 3.05) is 13.2 Å². The van der Waals surface area contributed by atoms with E-state index >= 15 is 0 Å².